The molecule has 0 heterocycles. The fourth-order valence-corrected chi connectivity index (χ4v) is 1.83. The Morgan fingerprint density at radius 3 is 2.56 bits per heavy atom. The number of ether oxygens (including phenoxy) is 1. The second-order valence-corrected chi connectivity index (χ2v) is 4.40. The lowest BCUT2D eigenvalue weighted by Gasteiger charge is -2.21. The molecule has 1 fully saturated rings. The molecule has 1 aliphatic rings. The molecule has 1 aromatic rings. The first-order chi connectivity index (χ1) is 8.39. The molecule has 0 amide bonds. The number of benzene rings is 1. The van der Waals surface area contributed by atoms with Crippen LogP contribution in [0.5, 0.6) is 11.5 Å². The van der Waals surface area contributed by atoms with Crippen LogP contribution in [0.1, 0.15) is 18.4 Å². The maximum Gasteiger partial charge on any atom is 0.406 e. The van der Waals surface area contributed by atoms with Crippen LogP contribution < -0.4 is 10.1 Å². The first-order valence-corrected chi connectivity index (χ1v) is 5.56. The standard InChI is InChI=1S/C12H14F3NO2/c1-18-9-4-2-3-8(10(9)17)7-16-11(5-6-11)12(13,14)15/h2-4,16-17H,5-7H2,1H3. The number of hydrogen-bond acceptors (Lipinski definition) is 3. The van der Waals surface area contributed by atoms with Crippen molar-refractivity contribution in [2.75, 3.05) is 7.11 Å². The molecule has 100 valence electrons. The first kappa shape index (κ1) is 13.0. The molecular formula is C12H14F3NO2. The maximum absolute atomic E-state index is 12.7. The summed E-state index contributed by atoms with van der Waals surface area (Å²) in [7, 11) is 1.39. The van der Waals surface area contributed by atoms with Crippen LogP contribution in [-0.4, -0.2) is 23.9 Å². The summed E-state index contributed by atoms with van der Waals surface area (Å²) in [5.74, 6) is 0.136. The van der Waals surface area contributed by atoms with E-state index in [1.807, 2.05) is 0 Å². The molecule has 0 unspecified atom stereocenters. The van der Waals surface area contributed by atoms with Gasteiger partial charge in [0.05, 0.1) is 7.11 Å². The fraction of sp³-hybridized carbons (Fsp3) is 0.500. The highest BCUT2D eigenvalue weighted by atomic mass is 19.4. The molecule has 6 heteroatoms. The molecule has 3 nitrogen and oxygen atoms in total. The van der Waals surface area contributed by atoms with Crippen LogP contribution in [0.3, 0.4) is 0 Å². The van der Waals surface area contributed by atoms with Crippen LogP contribution in [0.15, 0.2) is 18.2 Å². The zero-order valence-corrected chi connectivity index (χ0v) is 9.84. The van der Waals surface area contributed by atoms with E-state index in [2.05, 4.69) is 5.32 Å². The maximum atomic E-state index is 12.7. The normalized spacial score (nSPS) is 17.6. The van der Waals surface area contributed by atoms with Gasteiger partial charge >= 0.3 is 6.18 Å². The highest BCUT2D eigenvalue weighted by Crippen LogP contribution is 2.49. The molecule has 18 heavy (non-hydrogen) atoms. The summed E-state index contributed by atoms with van der Waals surface area (Å²) < 4.78 is 43.0. The van der Waals surface area contributed by atoms with Crippen molar-refractivity contribution in [3.05, 3.63) is 23.8 Å². The summed E-state index contributed by atoms with van der Waals surface area (Å²) in [5, 5.41) is 12.2. The van der Waals surface area contributed by atoms with Crippen LogP contribution in [-0.2, 0) is 6.54 Å². The molecule has 0 radical (unpaired) electrons. The topological polar surface area (TPSA) is 41.5 Å². The van der Waals surface area contributed by atoms with E-state index in [9.17, 15) is 18.3 Å². The van der Waals surface area contributed by atoms with Gasteiger partial charge in [0.15, 0.2) is 11.5 Å². The summed E-state index contributed by atoms with van der Waals surface area (Å²) in [6, 6.07) is 4.75. The SMILES string of the molecule is COc1cccc(CNC2(C(F)(F)F)CC2)c1O. The van der Waals surface area contributed by atoms with E-state index in [4.69, 9.17) is 4.74 Å². The van der Waals surface area contributed by atoms with Crippen molar-refractivity contribution < 1.29 is 23.0 Å². The van der Waals surface area contributed by atoms with Crippen molar-refractivity contribution >= 4 is 0 Å². The zero-order valence-electron chi connectivity index (χ0n) is 9.84. The van der Waals surface area contributed by atoms with Gasteiger partial charge in [0.2, 0.25) is 0 Å². The van der Waals surface area contributed by atoms with Crippen LogP contribution in [0, 0.1) is 0 Å². The van der Waals surface area contributed by atoms with Gasteiger partial charge in [0.25, 0.3) is 0 Å². The third kappa shape index (κ3) is 2.25. The highest BCUT2D eigenvalue weighted by Gasteiger charge is 2.62. The Labute approximate surface area is 103 Å². The van der Waals surface area contributed by atoms with Crippen LogP contribution in [0.4, 0.5) is 13.2 Å². The number of rotatable bonds is 4. The van der Waals surface area contributed by atoms with Crippen molar-refractivity contribution in [3.63, 3.8) is 0 Å². The molecule has 2 rings (SSSR count). The number of para-hydroxylation sites is 1. The van der Waals surface area contributed by atoms with Crippen LogP contribution in [0.2, 0.25) is 0 Å². The van der Waals surface area contributed by atoms with Crippen molar-refractivity contribution in [2.45, 2.75) is 31.1 Å². The van der Waals surface area contributed by atoms with Gasteiger partial charge in [-0.3, -0.25) is 5.32 Å². The monoisotopic (exact) mass is 261 g/mol. The first-order valence-electron chi connectivity index (χ1n) is 5.56. The van der Waals surface area contributed by atoms with Gasteiger partial charge < -0.3 is 9.84 Å². The molecule has 0 atom stereocenters. The quantitative estimate of drug-likeness (QED) is 0.875. The number of nitrogens with one attached hydrogen (secondary N) is 1. The molecule has 1 aliphatic carbocycles. The van der Waals surface area contributed by atoms with Gasteiger partial charge in [-0.15, -0.1) is 0 Å². The van der Waals surface area contributed by atoms with Crippen LogP contribution >= 0.6 is 0 Å². The Morgan fingerprint density at radius 1 is 1.39 bits per heavy atom. The lowest BCUT2D eigenvalue weighted by atomic mass is 10.1. The summed E-state index contributed by atoms with van der Waals surface area (Å²) in [5.41, 5.74) is -1.38. The second-order valence-electron chi connectivity index (χ2n) is 4.40. The molecule has 0 aliphatic heterocycles. The van der Waals surface area contributed by atoms with Gasteiger partial charge in [0, 0.05) is 12.1 Å². The van der Waals surface area contributed by atoms with Crippen molar-refractivity contribution in [1.82, 2.24) is 5.32 Å². The minimum Gasteiger partial charge on any atom is -0.504 e. The van der Waals surface area contributed by atoms with E-state index in [0.29, 0.717) is 5.56 Å². The Hall–Kier alpha value is -1.43. The fourth-order valence-electron chi connectivity index (χ4n) is 1.83. The van der Waals surface area contributed by atoms with E-state index in [-0.39, 0.29) is 30.9 Å². The van der Waals surface area contributed by atoms with E-state index >= 15 is 0 Å². The number of halogens is 3. The number of phenolic OH excluding ortho intramolecular Hbond substituents is 1. The summed E-state index contributed by atoms with van der Waals surface area (Å²) >= 11 is 0. The van der Waals surface area contributed by atoms with Crippen molar-refractivity contribution in [3.8, 4) is 11.5 Å². The van der Waals surface area contributed by atoms with E-state index < -0.39 is 11.7 Å². The van der Waals surface area contributed by atoms with Gasteiger partial charge in [-0.2, -0.15) is 13.2 Å². The number of hydrogen-bond donors (Lipinski definition) is 2. The molecule has 1 aromatic carbocycles. The molecule has 0 spiro atoms. The third-order valence-electron chi connectivity index (χ3n) is 3.21. The van der Waals surface area contributed by atoms with Crippen LogP contribution in [0.25, 0.3) is 0 Å². The van der Waals surface area contributed by atoms with E-state index in [0.717, 1.165) is 0 Å². The summed E-state index contributed by atoms with van der Waals surface area (Å²) in [6.45, 7) is -0.0391. The lowest BCUT2D eigenvalue weighted by molar-refractivity contribution is -0.166. The van der Waals surface area contributed by atoms with Gasteiger partial charge in [-0.25, -0.2) is 0 Å². The predicted molar refractivity (Wildman–Crippen MR) is 59.5 cm³/mol. The Bertz CT molecular complexity index is 441. The predicted octanol–water partition coefficient (Wildman–Crippen LogP) is 2.59. The van der Waals surface area contributed by atoms with Crippen molar-refractivity contribution in [2.24, 2.45) is 0 Å². The number of phenols is 1. The van der Waals surface area contributed by atoms with E-state index in [1.165, 1.54) is 7.11 Å². The lowest BCUT2D eigenvalue weighted by Crippen LogP contribution is -2.44. The smallest absolute Gasteiger partial charge is 0.406 e. The molecular weight excluding hydrogens is 247 g/mol. The third-order valence-corrected chi connectivity index (χ3v) is 3.21. The Morgan fingerprint density at radius 2 is 2.06 bits per heavy atom. The van der Waals surface area contributed by atoms with E-state index in [1.54, 1.807) is 18.2 Å². The highest BCUT2D eigenvalue weighted by molar-refractivity contribution is 5.45. The minimum atomic E-state index is -4.25. The Kier molecular flexibility index (Phi) is 3.14. The average Bonchev–Trinajstić information content (AvgIpc) is 3.08. The summed E-state index contributed by atoms with van der Waals surface area (Å²) in [4.78, 5) is 0. The molecule has 0 saturated heterocycles. The van der Waals surface area contributed by atoms with Gasteiger partial charge in [-0.1, -0.05) is 12.1 Å². The number of aromatic hydroxyl groups is 1. The zero-order chi connectivity index (χ0) is 13.4. The summed E-state index contributed by atoms with van der Waals surface area (Å²) in [6.07, 6.45) is -4.08. The average molecular weight is 261 g/mol. The molecule has 0 aromatic heterocycles. The van der Waals surface area contributed by atoms with Gasteiger partial charge in [0.1, 0.15) is 5.54 Å². The minimum absolute atomic E-state index is 0.0391. The molecule has 1 saturated carbocycles. The van der Waals surface area contributed by atoms with Gasteiger partial charge in [-0.05, 0) is 18.9 Å². The van der Waals surface area contributed by atoms with Crippen molar-refractivity contribution in [1.29, 1.82) is 0 Å². The molecule has 2 N–H and O–H groups in total. The Balaban J connectivity index is 2.08. The second kappa shape index (κ2) is 4.35. The largest absolute Gasteiger partial charge is 0.504 e. The number of alkyl halides is 3. The number of methoxy groups -OCH3 is 1. The molecule has 0 bridgehead atoms.